The van der Waals surface area contributed by atoms with Crippen LogP contribution in [0.1, 0.15) is 17.5 Å². The third kappa shape index (κ3) is 3.68. The minimum absolute atomic E-state index is 0.0628. The highest BCUT2D eigenvalue weighted by Crippen LogP contribution is 2.27. The maximum absolute atomic E-state index is 13.8. The van der Waals surface area contributed by atoms with Crippen molar-refractivity contribution in [3.05, 3.63) is 64.4 Å². The van der Waals surface area contributed by atoms with Crippen LogP contribution >= 0.6 is 11.6 Å². The molecule has 3 rings (SSSR count). The second kappa shape index (κ2) is 7.45. The minimum atomic E-state index is -1.52. The van der Waals surface area contributed by atoms with E-state index in [2.05, 4.69) is 0 Å². The van der Waals surface area contributed by atoms with Crippen LogP contribution in [0, 0.1) is 5.82 Å². The third-order valence-electron chi connectivity index (χ3n) is 4.06. The first-order valence-corrected chi connectivity index (χ1v) is 9.59. The first-order valence-electron chi connectivity index (χ1n) is 7.72. The van der Waals surface area contributed by atoms with Crippen LogP contribution in [0.4, 0.5) is 10.1 Å². The number of rotatable bonds is 4. The number of amides is 1. The fourth-order valence-corrected chi connectivity index (χ4v) is 4.35. The van der Waals surface area contributed by atoms with Crippen molar-refractivity contribution in [1.29, 1.82) is 0 Å². The largest absolute Gasteiger partial charge is 0.311 e. The van der Waals surface area contributed by atoms with Crippen LogP contribution < -0.4 is 4.90 Å². The Morgan fingerprint density at radius 2 is 2.00 bits per heavy atom. The van der Waals surface area contributed by atoms with Crippen molar-refractivity contribution in [2.24, 2.45) is 0 Å². The van der Waals surface area contributed by atoms with Crippen LogP contribution in [0.15, 0.2) is 42.5 Å². The zero-order chi connectivity index (χ0) is 17.1. The van der Waals surface area contributed by atoms with E-state index in [1.165, 1.54) is 12.1 Å². The van der Waals surface area contributed by atoms with Gasteiger partial charge in [0, 0.05) is 33.6 Å². The van der Waals surface area contributed by atoms with Gasteiger partial charge in [-0.15, -0.1) is 0 Å². The number of aryl methyl sites for hydroxylation is 1. The van der Waals surface area contributed by atoms with Gasteiger partial charge in [0.2, 0.25) is 5.91 Å². The Morgan fingerprint density at radius 1 is 1.21 bits per heavy atom. The van der Waals surface area contributed by atoms with E-state index >= 15 is 0 Å². The van der Waals surface area contributed by atoms with E-state index in [1.807, 2.05) is 24.3 Å². The number of hydrogen-bond acceptors (Lipinski definition) is 2. The van der Waals surface area contributed by atoms with Crippen LogP contribution in [0.25, 0.3) is 0 Å². The minimum Gasteiger partial charge on any atom is -0.311 e. The third-order valence-corrected chi connectivity index (χ3v) is 5.60. The van der Waals surface area contributed by atoms with Gasteiger partial charge in [0.25, 0.3) is 0 Å². The van der Waals surface area contributed by atoms with Gasteiger partial charge in [-0.3, -0.25) is 9.00 Å². The molecule has 1 atom stereocenters. The summed E-state index contributed by atoms with van der Waals surface area (Å²) in [4.78, 5) is 14.2. The van der Waals surface area contributed by atoms with Crippen LogP contribution in [0.3, 0.4) is 0 Å². The predicted octanol–water partition coefficient (Wildman–Crippen LogP) is 3.71. The highest BCUT2D eigenvalue weighted by molar-refractivity contribution is 7.85. The number of fused-ring (bicyclic) bond motifs is 1. The first kappa shape index (κ1) is 17.1. The Hall–Kier alpha value is -1.72. The zero-order valence-electron chi connectivity index (χ0n) is 13.0. The molecule has 0 aliphatic carbocycles. The van der Waals surface area contributed by atoms with Crippen molar-refractivity contribution in [3.63, 3.8) is 0 Å². The summed E-state index contributed by atoms with van der Waals surface area (Å²) in [5, 5.41) is 0.235. The molecule has 24 heavy (non-hydrogen) atoms. The maximum Gasteiger partial charge on any atom is 0.239 e. The summed E-state index contributed by atoms with van der Waals surface area (Å²) in [6.45, 7) is 0.619. The molecule has 0 saturated heterocycles. The number of hydrogen-bond donors (Lipinski definition) is 0. The molecule has 0 N–H and O–H groups in total. The highest BCUT2D eigenvalue weighted by atomic mass is 35.5. The van der Waals surface area contributed by atoms with Gasteiger partial charge in [-0.1, -0.05) is 35.9 Å². The number of anilines is 1. The summed E-state index contributed by atoms with van der Waals surface area (Å²) in [6, 6.07) is 12.1. The number of halogens is 2. The van der Waals surface area contributed by atoms with Gasteiger partial charge >= 0.3 is 0 Å². The summed E-state index contributed by atoms with van der Waals surface area (Å²) >= 11 is 5.96. The summed E-state index contributed by atoms with van der Waals surface area (Å²) in [5.41, 5.74) is 2.21. The van der Waals surface area contributed by atoms with E-state index in [1.54, 1.807) is 11.0 Å². The smallest absolute Gasteiger partial charge is 0.239 e. The molecule has 1 aliphatic heterocycles. The lowest BCUT2D eigenvalue weighted by atomic mass is 10.0. The monoisotopic (exact) mass is 365 g/mol. The number of benzene rings is 2. The molecular weight excluding hydrogens is 349 g/mol. The average Bonchev–Trinajstić information content (AvgIpc) is 2.57. The van der Waals surface area contributed by atoms with E-state index in [0.29, 0.717) is 6.54 Å². The van der Waals surface area contributed by atoms with E-state index in [4.69, 9.17) is 11.6 Å². The molecule has 0 spiro atoms. The van der Waals surface area contributed by atoms with E-state index in [9.17, 15) is 13.4 Å². The number of para-hydroxylation sites is 1. The highest BCUT2D eigenvalue weighted by Gasteiger charge is 2.24. The molecule has 1 amide bonds. The molecule has 1 heterocycles. The molecule has 0 bridgehead atoms. The Balaban J connectivity index is 1.71. The maximum atomic E-state index is 13.8. The predicted molar refractivity (Wildman–Crippen MR) is 95.2 cm³/mol. The quantitative estimate of drug-likeness (QED) is 0.828. The van der Waals surface area contributed by atoms with Gasteiger partial charge < -0.3 is 4.90 Å². The number of nitrogens with zero attached hydrogens (tertiary/aromatic N) is 1. The van der Waals surface area contributed by atoms with Gasteiger partial charge in [0.1, 0.15) is 11.6 Å². The summed E-state index contributed by atoms with van der Waals surface area (Å²) in [7, 11) is -1.52. The molecular formula is C18H17ClFNO2S. The number of carbonyl (C=O) groups excluding carboxylic acids is 1. The molecule has 1 aliphatic rings. The normalized spacial score (nSPS) is 15.0. The van der Waals surface area contributed by atoms with Crippen molar-refractivity contribution in [1.82, 2.24) is 0 Å². The zero-order valence-corrected chi connectivity index (χ0v) is 14.6. The van der Waals surface area contributed by atoms with E-state index in [0.717, 1.165) is 24.1 Å². The van der Waals surface area contributed by atoms with Crippen molar-refractivity contribution >= 4 is 34.0 Å². The lowest BCUT2D eigenvalue weighted by Gasteiger charge is -2.29. The Bertz CT molecular complexity index is 776. The standard InChI is InChI=1S/C18H17ClFNO2S/c19-15-7-3-8-16(20)14(15)11-24(23)12-18(22)21-10-4-6-13-5-1-2-9-17(13)21/h1-3,5,7-9H,4,6,10-12H2/t24-/m1/s1. The van der Waals surface area contributed by atoms with Crippen LogP contribution in [-0.2, 0) is 27.8 Å². The molecule has 3 nitrogen and oxygen atoms in total. The molecule has 126 valence electrons. The summed E-state index contributed by atoms with van der Waals surface area (Å²) < 4.78 is 26.1. The van der Waals surface area contributed by atoms with Gasteiger partial charge in [-0.05, 0) is 36.6 Å². The lowest BCUT2D eigenvalue weighted by Crippen LogP contribution is -2.38. The molecule has 0 unspecified atom stereocenters. The second-order valence-corrected chi connectivity index (χ2v) is 7.57. The Labute approximate surface area is 147 Å². The molecule has 0 fully saturated rings. The lowest BCUT2D eigenvalue weighted by molar-refractivity contribution is -0.116. The second-order valence-electron chi connectivity index (χ2n) is 5.71. The Kier molecular flexibility index (Phi) is 5.31. The van der Waals surface area contributed by atoms with E-state index in [-0.39, 0.29) is 28.0 Å². The molecule has 6 heteroatoms. The molecule has 2 aromatic rings. The van der Waals surface area contributed by atoms with Crippen molar-refractivity contribution in [2.75, 3.05) is 17.2 Å². The van der Waals surface area contributed by atoms with Crippen molar-refractivity contribution in [2.45, 2.75) is 18.6 Å². The SMILES string of the molecule is O=C(C[S@](=O)Cc1c(F)cccc1Cl)N1CCCc2ccccc21. The topological polar surface area (TPSA) is 37.4 Å². The van der Waals surface area contributed by atoms with Crippen LogP contribution in [0.2, 0.25) is 5.02 Å². The van der Waals surface area contributed by atoms with Gasteiger partial charge in [-0.2, -0.15) is 0 Å². The summed E-state index contributed by atoms with van der Waals surface area (Å²) in [6.07, 6.45) is 1.82. The van der Waals surface area contributed by atoms with Gasteiger partial charge in [-0.25, -0.2) is 4.39 Å². The fourth-order valence-electron chi connectivity index (χ4n) is 2.89. The van der Waals surface area contributed by atoms with Crippen molar-refractivity contribution < 1.29 is 13.4 Å². The molecule has 2 aromatic carbocycles. The fraction of sp³-hybridized carbons (Fsp3) is 0.278. The first-order chi connectivity index (χ1) is 11.6. The van der Waals surface area contributed by atoms with Crippen molar-refractivity contribution in [3.8, 4) is 0 Å². The molecule has 0 aromatic heterocycles. The van der Waals surface area contributed by atoms with E-state index < -0.39 is 16.6 Å². The summed E-state index contributed by atoms with van der Waals surface area (Å²) in [5.74, 6) is -0.897. The van der Waals surface area contributed by atoms with Crippen LogP contribution in [-0.4, -0.2) is 22.4 Å². The van der Waals surface area contributed by atoms with Gasteiger partial charge in [0.05, 0.1) is 5.75 Å². The molecule has 0 radical (unpaired) electrons. The number of carbonyl (C=O) groups is 1. The van der Waals surface area contributed by atoms with Gasteiger partial charge in [0.15, 0.2) is 0 Å². The average molecular weight is 366 g/mol. The molecule has 0 saturated carbocycles. The van der Waals surface area contributed by atoms with Crippen LogP contribution in [0.5, 0.6) is 0 Å². The Morgan fingerprint density at radius 3 is 2.79 bits per heavy atom.